The lowest BCUT2D eigenvalue weighted by Gasteiger charge is -2.09. The van der Waals surface area contributed by atoms with Crippen molar-refractivity contribution in [1.29, 1.82) is 0 Å². The fraction of sp³-hybridized carbons (Fsp3) is 0.286. The van der Waals surface area contributed by atoms with Crippen LogP contribution in [0.2, 0.25) is 0 Å². The van der Waals surface area contributed by atoms with Crippen LogP contribution in [0, 0.1) is 12.3 Å². The molecule has 0 aromatic heterocycles. The molecule has 11 heteroatoms. The predicted octanol–water partition coefficient (Wildman–Crippen LogP) is 0.00640. The van der Waals surface area contributed by atoms with Crippen LogP contribution in [0.5, 0.6) is 0 Å². The van der Waals surface area contributed by atoms with E-state index in [1.54, 1.807) is 5.32 Å². The molecule has 3 N–H and O–H groups in total. The van der Waals surface area contributed by atoms with Gasteiger partial charge in [-0.2, -0.15) is 17.9 Å². The molecule has 0 radical (unpaired) electrons. The minimum absolute atomic E-state index is 0.0273. The van der Waals surface area contributed by atoms with Gasteiger partial charge in [0.25, 0.3) is 5.91 Å². The zero-order chi connectivity index (χ0) is 19.1. The molecule has 0 saturated carbocycles. The molecule has 0 aliphatic carbocycles. The summed E-state index contributed by atoms with van der Waals surface area (Å²) < 4.78 is 61.5. The molecule has 0 aliphatic heterocycles. The van der Waals surface area contributed by atoms with E-state index in [1.165, 1.54) is 12.1 Å². The summed E-state index contributed by atoms with van der Waals surface area (Å²) in [6, 6.07) is 4.68. The Kier molecular flexibility index (Phi) is 6.96. The van der Waals surface area contributed by atoms with Crippen molar-refractivity contribution in [2.24, 2.45) is 0 Å². The van der Waals surface area contributed by atoms with Crippen LogP contribution < -0.4 is 15.4 Å². The van der Waals surface area contributed by atoms with Gasteiger partial charge in [-0.25, -0.2) is 8.42 Å². The fourth-order valence-corrected chi connectivity index (χ4v) is 2.46. The van der Waals surface area contributed by atoms with Gasteiger partial charge < -0.3 is 10.6 Å². The van der Waals surface area contributed by atoms with Crippen LogP contribution in [0.3, 0.4) is 0 Å². The van der Waals surface area contributed by atoms with E-state index in [9.17, 15) is 31.2 Å². The van der Waals surface area contributed by atoms with Crippen molar-refractivity contribution >= 4 is 21.8 Å². The van der Waals surface area contributed by atoms with Gasteiger partial charge in [-0.3, -0.25) is 9.59 Å². The van der Waals surface area contributed by atoms with E-state index in [4.69, 9.17) is 6.42 Å². The average molecular weight is 377 g/mol. The Morgan fingerprint density at radius 3 is 2.24 bits per heavy atom. The minimum Gasteiger partial charge on any atom is -0.345 e. The molecule has 0 bridgehead atoms. The van der Waals surface area contributed by atoms with Crippen molar-refractivity contribution < 1.29 is 31.2 Å². The zero-order valence-corrected chi connectivity index (χ0v) is 13.5. The van der Waals surface area contributed by atoms with Crippen molar-refractivity contribution in [2.75, 3.05) is 19.6 Å². The summed E-state index contributed by atoms with van der Waals surface area (Å²) in [6.07, 6.45) is 0.409. The first-order valence-electron chi connectivity index (χ1n) is 6.70. The first-order chi connectivity index (χ1) is 11.5. The van der Waals surface area contributed by atoms with E-state index >= 15 is 0 Å². The van der Waals surface area contributed by atoms with Gasteiger partial charge in [0.1, 0.15) is 6.54 Å². The van der Waals surface area contributed by atoms with Crippen molar-refractivity contribution in [3.05, 3.63) is 29.8 Å². The first-order valence-corrected chi connectivity index (χ1v) is 8.18. The second kappa shape index (κ2) is 8.50. The number of carbonyl (C=O) groups excluding carboxylic acids is 2. The van der Waals surface area contributed by atoms with E-state index in [1.807, 2.05) is 0 Å². The molecule has 0 fully saturated rings. The van der Waals surface area contributed by atoms with Gasteiger partial charge in [0.2, 0.25) is 15.9 Å². The molecule has 0 spiro atoms. The molecule has 25 heavy (non-hydrogen) atoms. The Morgan fingerprint density at radius 1 is 1.12 bits per heavy atom. The van der Waals surface area contributed by atoms with Gasteiger partial charge in [0, 0.05) is 5.56 Å². The smallest absolute Gasteiger partial charge is 0.345 e. The molecular weight excluding hydrogens is 363 g/mol. The Bertz CT molecular complexity index is 768. The Labute approximate surface area is 142 Å². The largest absolute Gasteiger partial charge is 0.405 e. The van der Waals surface area contributed by atoms with Crippen LogP contribution >= 0.6 is 0 Å². The normalized spacial score (nSPS) is 11.4. The summed E-state index contributed by atoms with van der Waals surface area (Å²) in [5.74, 6) is 0.349. The number of terminal acetylenes is 1. The lowest BCUT2D eigenvalue weighted by Crippen LogP contribution is -2.40. The van der Waals surface area contributed by atoms with Crippen LogP contribution in [0.15, 0.2) is 29.2 Å². The molecule has 0 heterocycles. The van der Waals surface area contributed by atoms with Crippen LogP contribution in [0.4, 0.5) is 13.2 Å². The maximum atomic E-state index is 11.9. The topological polar surface area (TPSA) is 104 Å². The first kappa shape index (κ1) is 20.5. The summed E-state index contributed by atoms with van der Waals surface area (Å²) >= 11 is 0. The number of halogens is 3. The molecule has 136 valence electrons. The number of amides is 2. The Hall–Kier alpha value is -2.58. The summed E-state index contributed by atoms with van der Waals surface area (Å²) in [5, 5.41) is 3.71. The van der Waals surface area contributed by atoms with Crippen molar-refractivity contribution in [2.45, 2.75) is 11.1 Å². The van der Waals surface area contributed by atoms with Crippen LogP contribution in [-0.2, 0) is 14.8 Å². The zero-order valence-electron chi connectivity index (χ0n) is 12.7. The van der Waals surface area contributed by atoms with Gasteiger partial charge in [0.05, 0.1) is 18.0 Å². The van der Waals surface area contributed by atoms with Crippen molar-refractivity contribution in [3.63, 3.8) is 0 Å². The van der Waals surface area contributed by atoms with Crippen LogP contribution in [-0.4, -0.2) is 46.0 Å². The average Bonchev–Trinajstić information content (AvgIpc) is 2.55. The van der Waals surface area contributed by atoms with Gasteiger partial charge in [0.15, 0.2) is 0 Å². The third kappa shape index (κ3) is 7.23. The maximum absolute atomic E-state index is 11.9. The number of carbonyl (C=O) groups is 2. The molecule has 0 unspecified atom stereocenters. The number of rotatable bonds is 7. The van der Waals surface area contributed by atoms with Crippen molar-refractivity contribution in [1.82, 2.24) is 15.4 Å². The van der Waals surface area contributed by atoms with E-state index in [0.717, 1.165) is 12.1 Å². The Balaban J connectivity index is 2.60. The molecule has 0 atom stereocenters. The van der Waals surface area contributed by atoms with Crippen LogP contribution in [0.25, 0.3) is 0 Å². The quantitative estimate of drug-likeness (QED) is 0.582. The molecule has 1 aromatic rings. The summed E-state index contributed by atoms with van der Waals surface area (Å²) in [6.45, 7) is -2.35. The monoisotopic (exact) mass is 377 g/mol. The number of sulfonamides is 1. The lowest BCUT2D eigenvalue weighted by atomic mass is 10.2. The van der Waals surface area contributed by atoms with E-state index in [-0.39, 0.29) is 17.0 Å². The van der Waals surface area contributed by atoms with E-state index in [0.29, 0.717) is 0 Å². The number of benzene rings is 1. The van der Waals surface area contributed by atoms with Gasteiger partial charge in [-0.1, -0.05) is 5.92 Å². The molecule has 0 saturated heterocycles. The minimum atomic E-state index is -4.55. The lowest BCUT2D eigenvalue weighted by molar-refractivity contribution is -0.137. The number of alkyl halides is 3. The predicted molar refractivity (Wildman–Crippen MR) is 81.9 cm³/mol. The van der Waals surface area contributed by atoms with Gasteiger partial charge in [-0.15, -0.1) is 6.42 Å². The molecule has 1 rings (SSSR count). The van der Waals surface area contributed by atoms with Gasteiger partial charge >= 0.3 is 6.18 Å². The third-order valence-corrected chi connectivity index (χ3v) is 4.10. The molecular formula is C14H14F3N3O4S. The second-order valence-corrected chi connectivity index (χ2v) is 6.39. The number of hydrogen-bond acceptors (Lipinski definition) is 4. The number of nitrogens with one attached hydrogen (secondary N) is 3. The molecule has 7 nitrogen and oxygen atoms in total. The summed E-state index contributed by atoms with van der Waals surface area (Å²) in [5.41, 5.74) is 0.0273. The SMILES string of the molecule is C#CCNS(=O)(=O)c1ccc(C(=O)NCC(=O)NCC(F)(F)F)cc1. The highest BCUT2D eigenvalue weighted by Gasteiger charge is 2.27. The summed E-state index contributed by atoms with van der Waals surface area (Å²) in [4.78, 5) is 22.8. The molecule has 0 aliphatic rings. The third-order valence-electron chi connectivity index (χ3n) is 2.69. The highest BCUT2D eigenvalue weighted by atomic mass is 32.2. The molecule has 1 aromatic carbocycles. The number of hydrogen-bond donors (Lipinski definition) is 3. The molecule has 2 amide bonds. The van der Waals surface area contributed by atoms with Gasteiger partial charge in [-0.05, 0) is 24.3 Å². The van der Waals surface area contributed by atoms with Crippen LogP contribution in [0.1, 0.15) is 10.4 Å². The summed E-state index contributed by atoms with van der Waals surface area (Å²) in [7, 11) is -3.81. The van der Waals surface area contributed by atoms with E-state index < -0.39 is 41.1 Å². The Morgan fingerprint density at radius 2 is 1.72 bits per heavy atom. The fourth-order valence-electron chi connectivity index (χ4n) is 1.53. The maximum Gasteiger partial charge on any atom is 0.405 e. The van der Waals surface area contributed by atoms with E-state index in [2.05, 4.69) is 16.0 Å². The van der Waals surface area contributed by atoms with Crippen molar-refractivity contribution in [3.8, 4) is 12.3 Å². The second-order valence-electron chi connectivity index (χ2n) is 4.63. The highest BCUT2D eigenvalue weighted by molar-refractivity contribution is 7.89. The standard InChI is InChI=1S/C14H14F3N3O4S/c1-2-7-20-25(23,24)11-5-3-10(4-6-11)13(22)18-8-12(21)19-9-14(15,16)17/h1,3-6,20H,7-9H2,(H,18,22)(H,19,21). The highest BCUT2D eigenvalue weighted by Crippen LogP contribution is 2.12.